The Bertz CT molecular complexity index is 439. The fraction of sp³-hybridized carbons (Fsp3) is 0.417. The maximum atomic E-state index is 11.9. The Labute approximate surface area is 114 Å². The van der Waals surface area contributed by atoms with Crippen molar-refractivity contribution in [1.82, 2.24) is 0 Å². The van der Waals surface area contributed by atoms with E-state index in [4.69, 9.17) is 5.73 Å². The average Bonchev–Trinajstić information content (AvgIpc) is 2.30. The molecule has 1 aliphatic heterocycles. The van der Waals surface area contributed by atoms with E-state index < -0.39 is 0 Å². The first kappa shape index (κ1) is 12.9. The van der Waals surface area contributed by atoms with Crippen molar-refractivity contribution >= 4 is 39.3 Å². The topological polar surface area (TPSA) is 46.3 Å². The lowest BCUT2D eigenvalue weighted by Gasteiger charge is -2.32. The molecule has 0 radical (unpaired) electrons. The normalized spacial score (nSPS) is 20.8. The van der Waals surface area contributed by atoms with Gasteiger partial charge in [-0.2, -0.15) is 0 Å². The zero-order valence-electron chi connectivity index (χ0n) is 9.65. The van der Waals surface area contributed by atoms with Crippen LogP contribution in [0, 0.1) is 6.92 Å². The van der Waals surface area contributed by atoms with Crippen molar-refractivity contribution in [1.29, 1.82) is 0 Å². The Balaban J connectivity index is 2.27. The van der Waals surface area contributed by atoms with Gasteiger partial charge in [-0.15, -0.1) is 11.8 Å². The molecule has 2 rings (SSSR count). The van der Waals surface area contributed by atoms with Crippen molar-refractivity contribution in [2.24, 2.45) is 5.73 Å². The summed E-state index contributed by atoms with van der Waals surface area (Å²) in [6, 6.07) is 5.98. The molecule has 0 bridgehead atoms. The van der Waals surface area contributed by atoms with Crippen LogP contribution in [0.3, 0.4) is 0 Å². The number of amides is 1. The molecule has 0 saturated carbocycles. The predicted octanol–water partition coefficient (Wildman–Crippen LogP) is 2.16. The first-order valence-corrected chi connectivity index (χ1v) is 7.34. The van der Waals surface area contributed by atoms with E-state index in [1.807, 2.05) is 30.0 Å². The van der Waals surface area contributed by atoms with Gasteiger partial charge in [-0.1, -0.05) is 15.9 Å². The van der Waals surface area contributed by atoms with E-state index in [9.17, 15) is 4.79 Å². The molecule has 3 nitrogen and oxygen atoms in total. The maximum Gasteiger partial charge on any atom is 0.237 e. The number of carbonyl (C=O) groups is 1. The highest BCUT2D eigenvalue weighted by atomic mass is 79.9. The Morgan fingerprint density at radius 1 is 1.59 bits per heavy atom. The number of thioether (sulfide) groups is 1. The fourth-order valence-electron chi connectivity index (χ4n) is 1.92. The highest BCUT2D eigenvalue weighted by Gasteiger charge is 2.27. The molecular weight excluding hydrogens is 300 g/mol. The molecule has 92 valence electrons. The molecule has 0 aliphatic carbocycles. The van der Waals surface area contributed by atoms with Crippen molar-refractivity contribution in [3.05, 3.63) is 28.2 Å². The van der Waals surface area contributed by atoms with Crippen molar-refractivity contribution in [3.8, 4) is 0 Å². The lowest BCUT2D eigenvalue weighted by molar-refractivity contribution is -0.116. The minimum absolute atomic E-state index is 0.171. The SMILES string of the molecule is Cc1cc(Br)ccc1N1CC(CN)SCC1=O. The van der Waals surface area contributed by atoms with Gasteiger partial charge in [0.25, 0.3) is 0 Å². The summed E-state index contributed by atoms with van der Waals surface area (Å²) in [5, 5.41) is 0.343. The van der Waals surface area contributed by atoms with Crippen LogP contribution in [-0.4, -0.2) is 30.0 Å². The standard InChI is InChI=1S/C12H15BrN2OS/c1-8-4-9(13)2-3-11(8)15-6-10(5-14)17-7-12(15)16/h2-4,10H,5-7,14H2,1H3. The van der Waals surface area contributed by atoms with Gasteiger partial charge in [-0.3, -0.25) is 4.79 Å². The third-order valence-electron chi connectivity index (χ3n) is 2.84. The van der Waals surface area contributed by atoms with Gasteiger partial charge >= 0.3 is 0 Å². The number of hydrogen-bond donors (Lipinski definition) is 1. The Hall–Kier alpha value is -0.520. The average molecular weight is 315 g/mol. The smallest absolute Gasteiger partial charge is 0.237 e. The number of carbonyl (C=O) groups excluding carboxylic acids is 1. The Morgan fingerprint density at radius 3 is 3.00 bits per heavy atom. The van der Waals surface area contributed by atoms with Gasteiger partial charge in [0, 0.05) is 28.5 Å². The second-order valence-corrected chi connectivity index (χ2v) is 6.31. The highest BCUT2D eigenvalue weighted by Crippen LogP contribution is 2.28. The van der Waals surface area contributed by atoms with Crippen LogP contribution in [0.2, 0.25) is 0 Å². The van der Waals surface area contributed by atoms with Crippen molar-refractivity contribution in [3.63, 3.8) is 0 Å². The molecule has 17 heavy (non-hydrogen) atoms. The summed E-state index contributed by atoms with van der Waals surface area (Å²) in [4.78, 5) is 13.8. The van der Waals surface area contributed by atoms with Crippen LogP contribution in [-0.2, 0) is 4.79 Å². The number of hydrogen-bond acceptors (Lipinski definition) is 3. The van der Waals surface area contributed by atoms with Gasteiger partial charge in [0.2, 0.25) is 5.91 Å². The molecule has 1 aliphatic rings. The van der Waals surface area contributed by atoms with Gasteiger partial charge in [0.15, 0.2) is 0 Å². The van der Waals surface area contributed by atoms with Crippen LogP contribution in [0.15, 0.2) is 22.7 Å². The van der Waals surface area contributed by atoms with Gasteiger partial charge in [0.1, 0.15) is 0 Å². The molecule has 1 fully saturated rings. The van der Waals surface area contributed by atoms with E-state index in [0.717, 1.165) is 15.7 Å². The van der Waals surface area contributed by atoms with Gasteiger partial charge in [-0.25, -0.2) is 0 Å². The van der Waals surface area contributed by atoms with E-state index in [2.05, 4.69) is 15.9 Å². The molecule has 1 aromatic rings. The van der Waals surface area contributed by atoms with Crippen LogP contribution in [0.4, 0.5) is 5.69 Å². The highest BCUT2D eigenvalue weighted by molar-refractivity contribution is 9.10. The van der Waals surface area contributed by atoms with E-state index >= 15 is 0 Å². The predicted molar refractivity (Wildman–Crippen MR) is 76.5 cm³/mol. The minimum Gasteiger partial charge on any atom is -0.329 e. The Kier molecular flexibility index (Phi) is 4.12. The number of halogens is 1. The van der Waals surface area contributed by atoms with Crippen LogP contribution in [0.25, 0.3) is 0 Å². The van der Waals surface area contributed by atoms with Crippen molar-refractivity contribution < 1.29 is 4.79 Å². The number of nitrogens with zero attached hydrogens (tertiary/aromatic N) is 1. The monoisotopic (exact) mass is 314 g/mol. The second kappa shape index (κ2) is 5.42. The summed E-state index contributed by atoms with van der Waals surface area (Å²) >= 11 is 5.09. The summed E-state index contributed by atoms with van der Waals surface area (Å²) in [7, 11) is 0. The molecule has 1 unspecified atom stereocenters. The minimum atomic E-state index is 0.171. The zero-order chi connectivity index (χ0) is 12.4. The Morgan fingerprint density at radius 2 is 2.35 bits per heavy atom. The molecular formula is C12H15BrN2OS. The summed E-state index contributed by atoms with van der Waals surface area (Å²) in [5.74, 6) is 0.697. The largest absolute Gasteiger partial charge is 0.329 e. The third-order valence-corrected chi connectivity index (χ3v) is 4.56. The van der Waals surface area contributed by atoms with Gasteiger partial charge in [0.05, 0.1) is 5.75 Å². The molecule has 1 heterocycles. The van der Waals surface area contributed by atoms with E-state index in [1.165, 1.54) is 0 Å². The first-order valence-electron chi connectivity index (χ1n) is 5.50. The number of nitrogens with two attached hydrogens (primary N) is 1. The maximum absolute atomic E-state index is 11.9. The molecule has 1 atom stereocenters. The van der Waals surface area contributed by atoms with E-state index in [1.54, 1.807) is 11.8 Å². The zero-order valence-corrected chi connectivity index (χ0v) is 12.1. The quantitative estimate of drug-likeness (QED) is 0.910. The molecule has 2 N–H and O–H groups in total. The molecule has 1 saturated heterocycles. The summed E-state index contributed by atoms with van der Waals surface area (Å²) in [5.41, 5.74) is 7.79. The molecule has 1 amide bonds. The number of aryl methyl sites for hydroxylation is 1. The van der Waals surface area contributed by atoms with Crippen LogP contribution in [0.5, 0.6) is 0 Å². The van der Waals surface area contributed by atoms with Crippen molar-refractivity contribution in [2.75, 3.05) is 23.7 Å². The molecule has 1 aromatic carbocycles. The molecule has 0 spiro atoms. The summed E-state index contributed by atoms with van der Waals surface area (Å²) < 4.78 is 1.04. The number of rotatable bonds is 2. The van der Waals surface area contributed by atoms with E-state index in [0.29, 0.717) is 24.1 Å². The fourth-order valence-corrected chi connectivity index (χ4v) is 3.32. The second-order valence-electron chi connectivity index (χ2n) is 4.10. The van der Waals surface area contributed by atoms with Gasteiger partial charge < -0.3 is 10.6 Å². The third kappa shape index (κ3) is 2.84. The lowest BCUT2D eigenvalue weighted by atomic mass is 10.1. The number of anilines is 1. The first-order chi connectivity index (χ1) is 8.11. The molecule has 5 heteroatoms. The van der Waals surface area contributed by atoms with Gasteiger partial charge in [-0.05, 0) is 30.7 Å². The number of benzene rings is 1. The van der Waals surface area contributed by atoms with Crippen LogP contribution < -0.4 is 10.6 Å². The van der Waals surface area contributed by atoms with Crippen molar-refractivity contribution in [2.45, 2.75) is 12.2 Å². The van der Waals surface area contributed by atoms with Crippen LogP contribution in [0.1, 0.15) is 5.56 Å². The molecule has 0 aromatic heterocycles. The summed E-state index contributed by atoms with van der Waals surface area (Å²) in [6.45, 7) is 3.35. The summed E-state index contributed by atoms with van der Waals surface area (Å²) in [6.07, 6.45) is 0. The van der Waals surface area contributed by atoms with Crippen LogP contribution >= 0.6 is 27.7 Å². The van der Waals surface area contributed by atoms with E-state index in [-0.39, 0.29) is 5.91 Å². The lowest BCUT2D eigenvalue weighted by Crippen LogP contribution is -2.45.